The Morgan fingerprint density at radius 1 is 0.800 bits per heavy atom. The van der Waals surface area contributed by atoms with Crippen LogP contribution in [0.3, 0.4) is 0 Å². The second-order valence-corrected chi connectivity index (χ2v) is 4.09. The number of unbranched alkanes of at least 4 members (excludes halogenated alkanes) is 5. The Hall–Kier alpha value is -0.0800. The normalized spacial score (nSPS) is 10.8. The van der Waals surface area contributed by atoms with Crippen molar-refractivity contribution in [3.63, 3.8) is 0 Å². The first-order valence-corrected chi connectivity index (χ1v) is 6.70. The van der Waals surface area contributed by atoms with E-state index in [9.17, 15) is 0 Å². The van der Waals surface area contributed by atoms with Crippen molar-refractivity contribution < 1.29 is 4.74 Å². The van der Waals surface area contributed by atoms with Gasteiger partial charge < -0.3 is 10.1 Å². The molecule has 0 spiro atoms. The van der Waals surface area contributed by atoms with Crippen LogP contribution in [0.1, 0.15) is 58.8 Å². The summed E-state index contributed by atoms with van der Waals surface area (Å²) in [4.78, 5) is 0. The maximum atomic E-state index is 5.55. The molecule has 0 heterocycles. The van der Waals surface area contributed by atoms with E-state index in [2.05, 4.69) is 19.2 Å². The van der Waals surface area contributed by atoms with Gasteiger partial charge in [0.2, 0.25) is 0 Å². The maximum Gasteiger partial charge on any atom is 0.0478 e. The van der Waals surface area contributed by atoms with E-state index in [1.54, 1.807) is 0 Å². The zero-order chi connectivity index (χ0) is 11.2. The molecular weight excluding hydrogens is 186 g/mol. The molecule has 0 radical (unpaired) electrons. The molecule has 0 amide bonds. The number of hydrogen-bond donors (Lipinski definition) is 1. The predicted octanol–water partition coefficient (Wildman–Crippen LogP) is 3.36. The Kier molecular flexibility index (Phi) is 13.8. The molecule has 2 nitrogen and oxygen atoms in total. The van der Waals surface area contributed by atoms with E-state index in [-0.39, 0.29) is 0 Å². The van der Waals surface area contributed by atoms with Crippen LogP contribution < -0.4 is 5.32 Å². The number of hydrogen-bond acceptors (Lipinski definition) is 2. The van der Waals surface area contributed by atoms with E-state index < -0.39 is 0 Å². The number of nitrogens with one attached hydrogen (secondary N) is 1. The van der Waals surface area contributed by atoms with Crippen molar-refractivity contribution in [3.8, 4) is 0 Å². The highest BCUT2D eigenvalue weighted by Gasteiger charge is 1.91. The highest BCUT2D eigenvalue weighted by atomic mass is 16.5. The molecule has 0 rings (SSSR count). The lowest BCUT2D eigenvalue weighted by atomic mass is 10.1. The van der Waals surface area contributed by atoms with Crippen LogP contribution in [0, 0.1) is 0 Å². The number of ether oxygens (including phenoxy) is 1. The topological polar surface area (TPSA) is 21.3 Å². The van der Waals surface area contributed by atoms with Crippen molar-refractivity contribution in [1.82, 2.24) is 5.32 Å². The molecule has 92 valence electrons. The highest BCUT2D eigenvalue weighted by Crippen LogP contribution is 2.04. The van der Waals surface area contributed by atoms with Gasteiger partial charge in [-0.1, -0.05) is 46.0 Å². The third-order valence-electron chi connectivity index (χ3n) is 2.53. The van der Waals surface area contributed by atoms with Gasteiger partial charge in [-0.3, -0.25) is 0 Å². The fraction of sp³-hybridized carbons (Fsp3) is 1.00. The second kappa shape index (κ2) is 13.9. The van der Waals surface area contributed by atoms with E-state index in [1.807, 2.05) is 0 Å². The van der Waals surface area contributed by atoms with Crippen molar-refractivity contribution in [2.24, 2.45) is 0 Å². The van der Waals surface area contributed by atoms with E-state index >= 15 is 0 Å². The van der Waals surface area contributed by atoms with Gasteiger partial charge in [0.1, 0.15) is 0 Å². The summed E-state index contributed by atoms with van der Waals surface area (Å²) in [7, 11) is 0. The Bertz CT molecular complexity index is 94.7. The summed E-state index contributed by atoms with van der Waals surface area (Å²) in [5.74, 6) is 0. The van der Waals surface area contributed by atoms with E-state index in [0.29, 0.717) is 0 Å². The summed E-state index contributed by atoms with van der Waals surface area (Å²) < 4.78 is 5.55. The minimum atomic E-state index is 0.919. The van der Waals surface area contributed by atoms with Crippen LogP contribution in [0.4, 0.5) is 0 Å². The molecule has 0 aliphatic heterocycles. The molecular formula is C13H29NO. The molecule has 0 fully saturated rings. The SMILES string of the molecule is CCCCCCCCOCCCNCC. The van der Waals surface area contributed by atoms with Gasteiger partial charge in [0.25, 0.3) is 0 Å². The van der Waals surface area contributed by atoms with Crippen LogP contribution in [-0.2, 0) is 4.74 Å². The van der Waals surface area contributed by atoms with E-state index in [4.69, 9.17) is 4.74 Å². The van der Waals surface area contributed by atoms with E-state index in [0.717, 1.165) is 32.7 Å². The largest absolute Gasteiger partial charge is 0.381 e. The average molecular weight is 215 g/mol. The molecule has 0 saturated carbocycles. The molecule has 0 aromatic carbocycles. The second-order valence-electron chi connectivity index (χ2n) is 4.09. The minimum absolute atomic E-state index is 0.919. The lowest BCUT2D eigenvalue weighted by Gasteiger charge is -2.04. The summed E-state index contributed by atoms with van der Waals surface area (Å²) in [6, 6.07) is 0. The molecule has 0 saturated heterocycles. The first kappa shape index (κ1) is 14.9. The first-order chi connectivity index (χ1) is 7.41. The molecule has 0 bridgehead atoms. The van der Waals surface area contributed by atoms with Gasteiger partial charge in [0.05, 0.1) is 0 Å². The van der Waals surface area contributed by atoms with Gasteiger partial charge in [-0.15, -0.1) is 0 Å². The quantitative estimate of drug-likeness (QED) is 0.504. The molecule has 2 heteroatoms. The Morgan fingerprint density at radius 3 is 2.20 bits per heavy atom. The van der Waals surface area contributed by atoms with Gasteiger partial charge in [-0.05, 0) is 25.9 Å². The standard InChI is InChI=1S/C13H29NO/c1-3-5-6-7-8-9-12-15-13-10-11-14-4-2/h14H,3-13H2,1-2H3. The first-order valence-electron chi connectivity index (χ1n) is 6.70. The van der Waals surface area contributed by atoms with Crippen LogP contribution in [0.15, 0.2) is 0 Å². The summed E-state index contributed by atoms with van der Waals surface area (Å²) in [5, 5.41) is 3.29. The zero-order valence-electron chi connectivity index (χ0n) is 10.7. The highest BCUT2D eigenvalue weighted by molar-refractivity contribution is 4.45. The van der Waals surface area contributed by atoms with Gasteiger partial charge in [-0.25, -0.2) is 0 Å². The Labute approximate surface area is 95.8 Å². The monoisotopic (exact) mass is 215 g/mol. The Morgan fingerprint density at radius 2 is 1.47 bits per heavy atom. The zero-order valence-corrected chi connectivity index (χ0v) is 10.7. The third kappa shape index (κ3) is 13.9. The third-order valence-corrected chi connectivity index (χ3v) is 2.53. The van der Waals surface area contributed by atoms with Crippen LogP contribution in [0.5, 0.6) is 0 Å². The van der Waals surface area contributed by atoms with Crippen LogP contribution >= 0.6 is 0 Å². The lowest BCUT2D eigenvalue weighted by Crippen LogP contribution is -2.15. The van der Waals surface area contributed by atoms with Crippen molar-refractivity contribution >= 4 is 0 Å². The van der Waals surface area contributed by atoms with Crippen molar-refractivity contribution in [2.75, 3.05) is 26.3 Å². The number of rotatable bonds is 12. The smallest absolute Gasteiger partial charge is 0.0478 e. The molecule has 0 aliphatic rings. The predicted molar refractivity (Wildman–Crippen MR) is 67.4 cm³/mol. The summed E-state index contributed by atoms with van der Waals surface area (Å²) in [6.45, 7) is 8.43. The fourth-order valence-electron chi connectivity index (χ4n) is 1.56. The molecule has 0 unspecified atom stereocenters. The van der Waals surface area contributed by atoms with Crippen molar-refractivity contribution in [2.45, 2.75) is 58.8 Å². The minimum Gasteiger partial charge on any atom is -0.381 e. The van der Waals surface area contributed by atoms with Crippen molar-refractivity contribution in [1.29, 1.82) is 0 Å². The lowest BCUT2D eigenvalue weighted by molar-refractivity contribution is 0.127. The molecule has 0 aliphatic carbocycles. The van der Waals surface area contributed by atoms with Gasteiger partial charge in [0.15, 0.2) is 0 Å². The van der Waals surface area contributed by atoms with Crippen LogP contribution in [-0.4, -0.2) is 26.3 Å². The molecule has 1 N–H and O–H groups in total. The van der Waals surface area contributed by atoms with Gasteiger partial charge in [-0.2, -0.15) is 0 Å². The molecule has 0 aromatic heterocycles. The summed E-state index contributed by atoms with van der Waals surface area (Å²) in [5.41, 5.74) is 0. The van der Waals surface area contributed by atoms with Gasteiger partial charge >= 0.3 is 0 Å². The average Bonchev–Trinajstić information content (AvgIpc) is 2.26. The summed E-state index contributed by atoms with van der Waals surface area (Å²) >= 11 is 0. The fourth-order valence-corrected chi connectivity index (χ4v) is 1.56. The van der Waals surface area contributed by atoms with Crippen LogP contribution in [0.25, 0.3) is 0 Å². The summed E-state index contributed by atoms with van der Waals surface area (Å²) in [6.07, 6.45) is 9.23. The maximum absolute atomic E-state index is 5.55. The molecule has 0 aromatic rings. The van der Waals surface area contributed by atoms with Gasteiger partial charge in [0, 0.05) is 13.2 Å². The van der Waals surface area contributed by atoms with E-state index in [1.165, 1.54) is 38.5 Å². The van der Waals surface area contributed by atoms with Crippen LogP contribution in [0.2, 0.25) is 0 Å². The molecule has 0 atom stereocenters. The Balaban J connectivity index is 2.81. The molecule has 15 heavy (non-hydrogen) atoms. The van der Waals surface area contributed by atoms with Crippen molar-refractivity contribution in [3.05, 3.63) is 0 Å².